The van der Waals surface area contributed by atoms with Crippen LogP contribution in [0.1, 0.15) is 42.3 Å². The first-order chi connectivity index (χ1) is 16.9. The van der Waals surface area contributed by atoms with Crippen LogP contribution in [0.5, 0.6) is 0 Å². The Morgan fingerprint density at radius 2 is 1.78 bits per heavy atom. The summed E-state index contributed by atoms with van der Waals surface area (Å²) < 4.78 is 11.3. The zero-order chi connectivity index (χ0) is 27.1. The number of nitrogens with one attached hydrogen (secondary N) is 2. The van der Waals surface area contributed by atoms with Crippen molar-refractivity contribution in [2.75, 3.05) is 20.3 Å². The Bertz CT molecular complexity index is 1120. The number of hydrogen-bond donors (Lipinski definition) is 2. The Hall–Kier alpha value is -3.34. The lowest BCUT2D eigenvalue weighted by molar-refractivity contribution is -0.124. The third kappa shape index (κ3) is 12.9. The predicted octanol–water partition coefficient (Wildman–Crippen LogP) is 4.11. The number of aryl methyl sites for hydroxylation is 1. The van der Waals surface area contributed by atoms with Crippen molar-refractivity contribution in [1.29, 1.82) is 0 Å². The van der Waals surface area contributed by atoms with Crippen LogP contribution in [0.4, 0.5) is 4.79 Å². The minimum Gasteiger partial charge on any atom is -0.444 e. The highest BCUT2D eigenvalue weighted by Gasteiger charge is 2.23. The maximum Gasteiger partial charge on any atom is 0.407 e. The SMILES string of the molecule is C#CC#Cc1ccc(C(=O)N[C@@H](CNC(=O)OC(C)(C)C)C(=O)COC)cc1.Cc1cccc(I)c1. The highest BCUT2D eigenvalue weighted by molar-refractivity contribution is 14.1. The van der Waals surface area contributed by atoms with Crippen LogP contribution in [-0.4, -0.2) is 49.7 Å². The van der Waals surface area contributed by atoms with Gasteiger partial charge >= 0.3 is 6.09 Å². The standard InChI is InChI=1S/C21H24N2O5.C7H7I/c1-6-7-8-15-9-11-16(12-10-15)19(25)23-17(18(24)14-27-5)13-22-20(26)28-21(2,3)4;1-6-3-2-4-7(8)5-6/h1,9-12,17H,13-14H2,2-5H3,(H,22,26)(H,23,25);2-5H,1H3/t17-;/m0./s1. The topological polar surface area (TPSA) is 93.7 Å². The van der Waals surface area contributed by atoms with Gasteiger partial charge in [-0.3, -0.25) is 9.59 Å². The number of benzene rings is 2. The van der Waals surface area contributed by atoms with Gasteiger partial charge in [0, 0.05) is 28.4 Å². The van der Waals surface area contributed by atoms with Gasteiger partial charge in [0.15, 0.2) is 5.78 Å². The molecule has 190 valence electrons. The van der Waals surface area contributed by atoms with Crippen LogP contribution in [-0.2, 0) is 14.3 Å². The van der Waals surface area contributed by atoms with Crippen molar-refractivity contribution in [3.8, 4) is 24.2 Å². The summed E-state index contributed by atoms with van der Waals surface area (Å²) in [4.78, 5) is 36.5. The first-order valence-electron chi connectivity index (χ1n) is 11.0. The van der Waals surface area contributed by atoms with E-state index in [0.29, 0.717) is 11.1 Å². The molecule has 0 fully saturated rings. The number of hydrogen-bond acceptors (Lipinski definition) is 5. The van der Waals surface area contributed by atoms with Gasteiger partial charge in [0.2, 0.25) is 0 Å². The van der Waals surface area contributed by atoms with E-state index in [1.54, 1.807) is 45.0 Å². The van der Waals surface area contributed by atoms with Crippen LogP contribution in [0.15, 0.2) is 48.5 Å². The van der Waals surface area contributed by atoms with E-state index in [-0.39, 0.29) is 18.9 Å². The lowest BCUT2D eigenvalue weighted by Gasteiger charge is -2.22. The van der Waals surface area contributed by atoms with E-state index in [1.165, 1.54) is 16.2 Å². The Labute approximate surface area is 226 Å². The molecule has 2 rings (SSSR count). The van der Waals surface area contributed by atoms with Gasteiger partial charge in [0.1, 0.15) is 18.2 Å². The van der Waals surface area contributed by atoms with Gasteiger partial charge in [-0.2, -0.15) is 0 Å². The molecule has 1 atom stereocenters. The van der Waals surface area contributed by atoms with E-state index in [0.717, 1.165) is 0 Å². The molecule has 2 aromatic rings. The Morgan fingerprint density at radius 1 is 1.11 bits per heavy atom. The minimum atomic E-state index is -0.971. The van der Waals surface area contributed by atoms with Crippen molar-refractivity contribution >= 4 is 40.4 Å². The van der Waals surface area contributed by atoms with E-state index in [2.05, 4.69) is 82.2 Å². The fourth-order valence-corrected chi connectivity index (χ4v) is 3.35. The molecule has 0 heterocycles. The van der Waals surface area contributed by atoms with E-state index >= 15 is 0 Å². The van der Waals surface area contributed by atoms with Crippen LogP contribution in [0.25, 0.3) is 0 Å². The molecule has 8 heteroatoms. The van der Waals surface area contributed by atoms with Crippen LogP contribution < -0.4 is 10.6 Å². The summed E-state index contributed by atoms with van der Waals surface area (Å²) in [6, 6.07) is 13.9. The average Bonchev–Trinajstić information content (AvgIpc) is 2.80. The number of carbonyl (C=O) groups is 3. The lowest BCUT2D eigenvalue weighted by atomic mass is 10.1. The van der Waals surface area contributed by atoms with Crippen LogP contribution in [0, 0.1) is 34.7 Å². The van der Waals surface area contributed by atoms with Gasteiger partial charge in [0.05, 0.1) is 0 Å². The summed E-state index contributed by atoms with van der Waals surface area (Å²) in [6.45, 7) is 6.93. The van der Waals surface area contributed by atoms with Gasteiger partial charge in [0.25, 0.3) is 5.91 Å². The van der Waals surface area contributed by atoms with Gasteiger partial charge in [-0.1, -0.05) is 23.6 Å². The van der Waals surface area contributed by atoms with Crippen molar-refractivity contribution in [2.45, 2.75) is 39.3 Å². The maximum atomic E-state index is 12.4. The summed E-state index contributed by atoms with van der Waals surface area (Å²) >= 11 is 2.31. The Kier molecular flexibility index (Phi) is 13.3. The number of amides is 2. The molecular weight excluding hydrogens is 571 g/mol. The van der Waals surface area contributed by atoms with Crippen molar-refractivity contribution in [2.24, 2.45) is 0 Å². The first-order valence-corrected chi connectivity index (χ1v) is 12.1. The number of halogens is 1. The molecule has 7 nitrogen and oxygen atoms in total. The van der Waals surface area contributed by atoms with Gasteiger partial charge < -0.3 is 20.1 Å². The first kappa shape index (κ1) is 30.7. The average molecular weight is 602 g/mol. The number of ketones is 1. The predicted molar refractivity (Wildman–Crippen MR) is 148 cm³/mol. The maximum absolute atomic E-state index is 12.4. The summed E-state index contributed by atoms with van der Waals surface area (Å²) in [5.74, 6) is 6.57. The van der Waals surface area contributed by atoms with E-state index < -0.39 is 23.6 Å². The Balaban J connectivity index is 0.000000681. The second-order valence-electron chi connectivity index (χ2n) is 8.58. The molecule has 0 aliphatic heterocycles. The number of carbonyl (C=O) groups excluding carboxylic acids is 3. The Morgan fingerprint density at radius 3 is 2.28 bits per heavy atom. The molecule has 0 saturated carbocycles. The van der Waals surface area contributed by atoms with Crippen LogP contribution in [0.2, 0.25) is 0 Å². The normalized spacial score (nSPS) is 10.8. The highest BCUT2D eigenvalue weighted by atomic mass is 127. The summed E-state index contributed by atoms with van der Waals surface area (Å²) in [7, 11) is 1.37. The fourth-order valence-electron chi connectivity index (χ4n) is 2.65. The number of Topliss-reactive ketones (excluding diaryl/α,β-unsaturated/α-hetero) is 1. The number of methoxy groups -OCH3 is 1. The second kappa shape index (κ2) is 15.6. The van der Waals surface area contributed by atoms with Crippen molar-refractivity contribution in [3.05, 3.63) is 68.8 Å². The quantitative estimate of drug-likeness (QED) is 0.368. The highest BCUT2D eigenvalue weighted by Crippen LogP contribution is 2.07. The number of rotatable bonds is 7. The van der Waals surface area contributed by atoms with E-state index in [4.69, 9.17) is 15.9 Å². The van der Waals surface area contributed by atoms with Crippen molar-refractivity contribution in [1.82, 2.24) is 10.6 Å². The third-order valence-electron chi connectivity index (χ3n) is 4.24. The van der Waals surface area contributed by atoms with Gasteiger partial charge in [-0.25, -0.2) is 4.79 Å². The monoisotopic (exact) mass is 602 g/mol. The number of ether oxygens (including phenoxy) is 2. The van der Waals surface area contributed by atoms with Crippen LogP contribution >= 0.6 is 22.6 Å². The molecule has 36 heavy (non-hydrogen) atoms. The molecule has 0 aliphatic rings. The molecule has 2 N–H and O–H groups in total. The zero-order valence-electron chi connectivity index (χ0n) is 21.1. The molecular formula is C28H31IN2O5. The van der Waals surface area contributed by atoms with Crippen LogP contribution in [0.3, 0.4) is 0 Å². The summed E-state index contributed by atoms with van der Waals surface area (Å²) in [5, 5.41) is 5.07. The lowest BCUT2D eigenvalue weighted by Crippen LogP contribution is -2.50. The largest absolute Gasteiger partial charge is 0.444 e. The summed E-state index contributed by atoms with van der Waals surface area (Å²) in [5.41, 5.74) is 1.65. The second-order valence-corrected chi connectivity index (χ2v) is 9.82. The van der Waals surface area contributed by atoms with E-state index in [9.17, 15) is 14.4 Å². The fraction of sp³-hybridized carbons (Fsp3) is 0.321. The summed E-state index contributed by atoms with van der Waals surface area (Å²) in [6.07, 6.45) is 4.39. The smallest absolute Gasteiger partial charge is 0.407 e. The number of alkyl carbamates (subject to hydrolysis) is 1. The minimum absolute atomic E-state index is 0.130. The molecule has 0 aliphatic carbocycles. The molecule has 0 bridgehead atoms. The molecule has 0 saturated heterocycles. The van der Waals surface area contributed by atoms with Gasteiger partial charge in [-0.05, 0) is 98.5 Å². The third-order valence-corrected chi connectivity index (χ3v) is 4.91. The molecule has 0 aromatic heterocycles. The van der Waals surface area contributed by atoms with E-state index in [1.807, 2.05) is 0 Å². The molecule has 0 radical (unpaired) electrons. The molecule has 0 spiro atoms. The number of terminal acetylenes is 1. The molecule has 2 amide bonds. The molecule has 0 unspecified atom stereocenters. The van der Waals surface area contributed by atoms with Crippen molar-refractivity contribution in [3.63, 3.8) is 0 Å². The van der Waals surface area contributed by atoms with Crippen molar-refractivity contribution < 1.29 is 23.9 Å². The van der Waals surface area contributed by atoms with Gasteiger partial charge in [-0.15, -0.1) is 6.42 Å². The zero-order valence-corrected chi connectivity index (χ0v) is 23.3. The molecule has 2 aromatic carbocycles.